The molecule has 4 rings (SSSR count). The van der Waals surface area contributed by atoms with Crippen molar-refractivity contribution in [2.24, 2.45) is 0 Å². The summed E-state index contributed by atoms with van der Waals surface area (Å²) in [6, 6.07) is 16.6. The zero-order chi connectivity index (χ0) is 23.9. The van der Waals surface area contributed by atoms with Crippen LogP contribution in [0.3, 0.4) is 0 Å². The molecule has 1 N–H and O–H groups in total. The summed E-state index contributed by atoms with van der Waals surface area (Å²) in [7, 11) is 1.59. The molecule has 1 aliphatic carbocycles. The van der Waals surface area contributed by atoms with Gasteiger partial charge in [0, 0.05) is 6.04 Å². The highest BCUT2D eigenvalue weighted by atomic mass is 32.1. The van der Waals surface area contributed by atoms with Crippen LogP contribution in [0.2, 0.25) is 0 Å². The van der Waals surface area contributed by atoms with Crippen molar-refractivity contribution in [3.8, 4) is 5.75 Å². The van der Waals surface area contributed by atoms with Crippen LogP contribution >= 0.6 is 11.3 Å². The summed E-state index contributed by atoms with van der Waals surface area (Å²) in [6.45, 7) is 1.98. The quantitative estimate of drug-likeness (QED) is 0.445. The lowest BCUT2D eigenvalue weighted by Gasteiger charge is -2.34. The first kappa shape index (κ1) is 24.0. The number of methoxy groups -OCH3 is 1. The molecule has 0 unspecified atom stereocenters. The number of nitrogens with one attached hydrogen (secondary N) is 1. The van der Waals surface area contributed by atoms with Gasteiger partial charge in [0.2, 0.25) is 11.8 Å². The largest absolute Gasteiger partial charge is 0.495 e. The maximum atomic E-state index is 13.9. The van der Waals surface area contributed by atoms with E-state index in [0.717, 1.165) is 42.4 Å². The number of carbonyl (C=O) groups is 2. The van der Waals surface area contributed by atoms with Crippen LogP contribution in [0.5, 0.6) is 5.75 Å². The summed E-state index contributed by atoms with van der Waals surface area (Å²) in [5.74, 6) is 0.269. The standard InChI is InChI=1S/C28H32N2O3S/c1-20-13-14-25(33-2)24(17-20)30(26(31)18-21-15-16-34-19-21)27(22-9-5-3-6-10-22)28(32)29-23-11-7-4-8-12-23/h3,5-6,9-10,13-17,19,23,27H,4,7-8,11-12,18H2,1-2H3,(H,29,32)/t27-/m0/s1. The molecular formula is C28H32N2O3S. The van der Waals surface area contributed by atoms with Crippen LogP contribution < -0.4 is 15.0 Å². The number of aryl methyl sites for hydroxylation is 1. The second-order valence-electron chi connectivity index (χ2n) is 8.90. The Kier molecular flexibility index (Phi) is 8.01. The van der Waals surface area contributed by atoms with Crippen molar-refractivity contribution in [3.05, 3.63) is 82.0 Å². The zero-order valence-electron chi connectivity index (χ0n) is 19.8. The first-order valence-electron chi connectivity index (χ1n) is 11.9. The van der Waals surface area contributed by atoms with E-state index in [4.69, 9.17) is 4.74 Å². The molecule has 0 radical (unpaired) electrons. The summed E-state index contributed by atoms with van der Waals surface area (Å²) in [5.41, 5.74) is 3.31. The summed E-state index contributed by atoms with van der Waals surface area (Å²) in [6.07, 6.45) is 5.61. The van der Waals surface area contributed by atoms with E-state index in [0.29, 0.717) is 11.4 Å². The zero-order valence-corrected chi connectivity index (χ0v) is 20.6. The number of hydrogen-bond acceptors (Lipinski definition) is 4. The molecule has 5 nitrogen and oxygen atoms in total. The number of thiophene rings is 1. The van der Waals surface area contributed by atoms with E-state index in [2.05, 4.69) is 5.32 Å². The van der Waals surface area contributed by atoms with Gasteiger partial charge in [-0.05, 0) is 65.4 Å². The molecule has 0 aliphatic heterocycles. The highest BCUT2D eigenvalue weighted by molar-refractivity contribution is 7.08. The van der Waals surface area contributed by atoms with Gasteiger partial charge in [-0.1, -0.05) is 55.7 Å². The number of ether oxygens (including phenoxy) is 1. The average Bonchev–Trinajstić information content (AvgIpc) is 3.36. The van der Waals surface area contributed by atoms with E-state index in [1.807, 2.05) is 72.3 Å². The molecule has 2 amide bonds. The van der Waals surface area contributed by atoms with Gasteiger partial charge < -0.3 is 10.1 Å². The van der Waals surface area contributed by atoms with Gasteiger partial charge in [-0.15, -0.1) is 0 Å². The molecule has 0 saturated heterocycles. The number of benzene rings is 2. The van der Waals surface area contributed by atoms with Crippen LogP contribution in [0.25, 0.3) is 0 Å². The minimum atomic E-state index is -0.801. The Morgan fingerprint density at radius 2 is 1.85 bits per heavy atom. The molecule has 178 valence electrons. The van der Waals surface area contributed by atoms with Crippen molar-refractivity contribution in [3.63, 3.8) is 0 Å². The fourth-order valence-electron chi connectivity index (χ4n) is 4.64. The van der Waals surface area contributed by atoms with Gasteiger partial charge in [-0.25, -0.2) is 0 Å². The number of hydrogen-bond donors (Lipinski definition) is 1. The van der Waals surface area contributed by atoms with Gasteiger partial charge in [0.15, 0.2) is 0 Å². The molecule has 1 saturated carbocycles. The number of nitrogens with zero attached hydrogens (tertiary/aromatic N) is 1. The van der Waals surface area contributed by atoms with Crippen LogP contribution in [0.4, 0.5) is 5.69 Å². The molecule has 0 bridgehead atoms. The number of rotatable bonds is 8. The molecule has 1 atom stereocenters. The Balaban J connectivity index is 1.79. The van der Waals surface area contributed by atoms with Crippen LogP contribution in [0.1, 0.15) is 54.8 Å². The minimum absolute atomic E-state index is 0.140. The highest BCUT2D eigenvalue weighted by Crippen LogP contribution is 2.36. The number of anilines is 1. The monoisotopic (exact) mass is 476 g/mol. The van der Waals surface area contributed by atoms with Crippen molar-refractivity contribution < 1.29 is 14.3 Å². The molecule has 6 heteroatoms. The van der Waals surface area contributed by atoms with E-state index in [9.17, 15) is 9.59 Å². The number of amides is 2. The average molecular weight is 477 g/mol. The third kappa shape index (κ3) is 5.68. The Morgan fingerprint density at radius 3 is 2.53 bits per heavy atom. The summed E-state index contributed by atoms with van der Waals surface area (Å²) in [5, 5.41) is 7.20. The molecule has 3 aromatic rings. The second-order valence-corrected chi connectivity index (χ2v) is 9.68. The van der Waals surface area contributed by atoms with E-state index < -0.39 is 6.04 Å². The van der Waals surface area contributed by atoms with Crippen molar-refractivity contribution in [1.29, 1.82) is 0 Å². The van der Waals surface area contributed by atoms with Crippen molar-refractivity contribution >= 4 is 28.8 Å². The van der Waals surface area contributed by atoms with Gasteiger partial charge in [-0.3, -0.25) is 14.5 Å². The minimum Gasteiger partial charge on any atom is -0.495 e. The van der Waals surface area contributed by atoms with Crippen LogP contribution in [0.15, 0.2) is 65.4 Å². The fourth-order valence-corrected chi connectivity index (χ4v) is 5.31. The lowest BCUT2D eigenvalue weighted by Crippen LogP contribution is -2.47. The van der Waals surface area contributed by atoms with Crippen molar-refractivity contribution in [1.82, 2.24) is 5.32 Å². The predicted octanol–water partition coefficient (Wildman–Crippen LogP) is 5.83. The third-order valence-corrected chi connectivity index (χ3v) is 7.10. The van der Waals surface area contributed by atoms with Gasteiger partial charge in [-0.2, -0.15) is 11.3 Å². The lowest BCUT2D eigenvalue weighted by atomic mass is 9.94. The molecule has 2 aromatic carbocycles. The first-order chi connectivity index (χ1) is 16.6. The molecule has 0 spiro atoms. The van der Waals surface area contributed by atoms with E-state index in [1.165, 1.54) is 6.42 Å². The maximum Gasteiger partial charge on any atom is 0.248 e. The van der Waals surface area contributed by atoms with E-state index in [-0.39, 0.29) is 24.3 Å². The summed E-state index contributed by atoms with van der Waals surface area (Å²) in [4.78, 5) is 29.4. The highest BCUT2D eigenvalue weighted by Gasteiger charge is 2.35. The Labute approximate surface area is 205 Å². The maximum absolute atomic E-state index is 13.9. The molecule has 1 aromatic heterocycles. The van der Waals surface area contributed by atoms with Gasteiger partial charge in [0.1, 0.15) is 11.8 Å². The number of carbonyl (C=O) groups excluding carboxylic acids is 2. The van der Waals surface area contributed by atoms with Crippen molar-refractivity contribution in [2.45, 2.75) is 57.5 Å². The third-order valence-electron chi connectivity index (χ3n) is 6.37. The first-order valence-corrected chi connectivity index (χ1v) is 12.8. The Bertz CT molecular complexity index is 1090. The van der Waals surface area contributed by atoms with Crippen LogP contribution in [-0.2, 0) is 16.0 Å². The Morgan fingerprint density at radius 1 is 1.09 bits per heavy atom. The molecule has 1 heterocycles. The predicted molar refractivity (Wildman–Crippen MR) is 137 cm³/mol. The Hall–Kier alpha value is -3.12. The van der Waals surface area contributed by atoms with Gasteiger partial charge in [0.25, 0.3) is 0 Å². The molecular weight excluding hydrogens is 444 g/mol. The van der Waals surface area contributed by atoms with Crippen LogP contribution in [0, 0.1) is 6.92 Å². The van der Waals surface area contributed by atoms with Gasteiger partial charge in [0.05, 0.1) is 19.2 Å². The summed E-state index contributed by atoms with van der Waals surface area (Å²) >= 11 is 1.56. The topological polar surface area (TPSA) is 58.6 Å². The smallest absolute Gasteiger partial charge is 0.248 e. The van der Waals surface area contributed by atoms with Crippen molar-refractivity contribution in [2.75, 3.05) is 12.0 Å². The van der Waals surface area contributed by atoms with Crippen LogP contribution in [-0.4, -0.2) is 25.0 Å². The second kappa shape index (κ2) is 11.3. The summed E-state index contributed by atoms with van der Waals surface area (Å²) < 4.78 is 5.66. The van der Waals surface area contributed by atoms with E-state index in [1.54, 1.807) is 23.3 Å². The lowest BCUT2D eigenvalue weighted by molar-refractivity contribution is -0.127. The fraction of sp³-hybridized carbons (Fsp3) is 0.357. The molecule has 1 fully saturated rings. The SMILES string of the molecule is COc1ccc(C)cc1N(C(=O)Cc1ccsc1)[C@H](C(=O)NC1CCCCC1)c1ccccc1. The van der Waals surface area contributed by atoms with E-state index >= 15 is 0 Å². The van der Waals surface area contributed by atoms with Gasteiger partial charge >= 0.3 is 0 Å². The normalized spacial score (nSPS) is 14.9. The molecule has 34 heavy (non-hydrogen) atoms. The molecule has 1 aliphatic rings.